The summed E-state index contributed by atoms with van der Waals surface area (Å²) in [7, 11) is 0. The molecule has 0 aromatic carbocycles. The zero-order chi connectivity index (χ0) is 7.68. The standard InChI is InChI=1S/C10H14S/c1-2-9-5-6-10(11-9)7-8-3-4-8/h5-6,8H,2-4,7H2,1H3. The Balaban J connectivity index is 1.99. The number of thiophene rings is 1. The third kappa shape index (κ3) is 1.84. The maximum absolute atomic E-state index is 2.31. The van der Waals surface area contributed by atoms with Crippen LogP contribution < -0.4 is 0 Å². The molecule has 0 amide bonds. The molecule has 60 valence electrons. The third-order valence-electron chi connectivity index (χ3n) is 2.25. The molecular weight excluding hydrogens is 152 g/mol. The number of hydrogen-bond donors (Lipinski definition) is 0. The van der Waals surface area contributed by atoms with Crippen molar-refractivity contribution < 1.29 is 0 Å². The Bertz CT molecular complexity index is 233. The maximum Gasteiger partial charge on any atom is 0.00509 e. The first-order valence-electron chi connectivity index (χ1n) is 4.46. The van der Waals surface area contributed by atoms with E-state index in [0.29, 0.717) is 0 Å². The fourth-order valence-electron chi connectivity index (χ4n) is 1.33. The summed E-state index contributed by atoms with van der Waals surface area (Å²) >= 11 is 2.00. The molecule has 1 aromatic heterocycles. The highest BCUT2D eigenvalue weighted by Crippen LogP contribution is 2.34. The van der Waals surface area contributed by atoms with Gasteiger partial charge in [0.2, 0.25) is 0 Å². The van der Waals surface area contributed by atoms with Gasteiger partial charge in [0.25, 0.3) is 0 Å². The Morgan fingerprint density at radius 3 is 2.64 bits per heavy atom. The van der Waals surface area contributed by atoms with Gasteiger partial charge in [-0.3, -0.25) is 0 Å². The normalized spacial score (nSPS) is 17.2. The zero-order valence-corrected chi connectivity index (χ0v) is 7.79. The summed E-state index contributed by atoms with van der Waals surface area (Å²) < 4.78 is 0. The molecule has 1 aliphatic rings. The van der Waals surface area contributed by atoms with E-state index in [1.54, 1.807) is 9.75 Å². The average Bonchev–Trinajstić information content (AvgIpc) is 2.68. The van der Waals surface area contributed by atoms with Gasteiger partial charge in [-0.05, 0) is 43.7 Å². The second kappa shape index (κ2) is 2.98. The predicted octanol–water partition coefficient (Wildman–Crippen LogP) is 3.26. The first kappa shape index (κ1) is 7.35. The second-order valence-electron chi connectivity index (χ2n) is 3.37. The molecule has 1 heterocycles. The van der Waals surface area contributed by atoms with E-state index >= 15 is 0 Å². The minimum Gasteiger partial charge on any atom is -0.145 e. The van der Waals surface area contributed by atoms with Crippen molar-refractivity contribution in [1.82, 2.24) is 0 Å². The molecule has 0 aliphatic heterocycles. The first-order valence-corrected chi connectivity index (χ1v) is 5.27. The molecule has 11 heavy (non-hydrogen) atoms. The van der Waals surface area contributed by atoms with Gasteiger partial charge in [-0.25, -0.2) is 0 Å². The molecule has 0 nitrogen and oxygen atoms in total. The van der Waals surface area contributed by atoms with Gasteiger partial charge in [-0.15, -0.1) is 11.3 Å². The molecule has 0 spiro atoms. The Morgan fingerprint density at radius 1 is 1.36 bits per heavy atom. The minimum atomic E-state index is 1.04. The fraction of sp³-hybridized carbons (Fsp3) is 0.600. The topological polar surface area (TPSA) is 0 Å². The van der Waals surface area contributed by atoms with Crippen LogP contribution in [-0.2, 0) is 12.8 Å². The van der Waals surface area contributed by atoms with Crippen molar-refractivity contribution in [2.24, 2.45) is 5.92 Å². The van der Waals surface area contributed by atoms with Crippen molar-refractivity contribution in [1.29, 1.82) is 0 Å². The van der Waals surface area contributed by atoms with Crippen LogP contribution in [0.5, 0.6) is 0 Å². The second-order valence-corrected chi connectivity index (χ2v) is 4.62. The van der Waals surface area contributed by atoms with E-state index in [2.05, 4.69) is 19.1 Å². The molecule has 0 N–H and O–H groups in total. The highest BCUT2D eigenvalue weighted by atomic mass is 32.1. The van der Waals surface area contributed by atoms with E-state index in [4.69, 9.17) is 0 Å². The van der Waals surface area contributed by atoms with Crippen LogP contribution in [0.15, 0.2) is 12.1 Å². The average molecular weight is 166 g/mol. The van der Waals surface area contributed by atoms with Crippen LogP contribution in [-0.4, -0.2) is 0 Å². The highest BCUT2D eigenvalue weighted by molar-refractivity contribution is 7.11. The van der Waals surface area contributed by atoms with E-state index in [9.17, 15) is 0 Å². The van der Waals surface area contributed by atoms with Gasteiger partial charge in [0.05, 0.1) is 0 Å². The lowest BCUT2D eigenvalue weighted by Crippen LogP contribution is -1.79. The Hall–Kier alpha value is -0.300. The molecule has 1 aliphatic carbocycles. The molecular formula is C10H14S. The van der Waals surface area contributed by atoms with Crippen molar-refractivity contribution >= 4 is 11.3 Å². The largest absolute Gasteiger partial charge is 0.145 e. The minimum absolute atomic E-state index is 1.04. The van der Waals surface area contributed by atoms with Gasteiger partial charge in [-0.1, -0.05) is 6.92 Å². The quantitative estimate of drug-likeness (QED) is 0.646. The lowest BCUT2D eigenvalue weighted by molar-refractivity contribution is 0.846. The van der Waals surface area contributed by atoms with Crippen molar-refractivity contribution in [3.8, 4) is 0 Å². The lowest BCUT2D eigenvalue weighted by atomic mass is 10.2. The molecule has 1 heteroatoms. The summed E-state index contributed by atoms with van der Waals surface area (Å²) in [5.74, 6) is 1.04. The van der Waals surface area contributed by atoms with Crippen LogP contribution in [0.4, 0.5) is 0 Å². The van der Waals surface area contributed by atoms with E-state index in [1.807, 2.05) is 11.3 Å². The number of aryl methyl sites for hydroxylation is 1. The Labute approximate surface area is 72.3 Å². The summed E-state index contributed by atoms with van der Waals surface area (Å²) in [6, 6.07) is 4.59. The van der Waals surface area contributed by atoms with Gasteiger partial charge < -0.3 is 0 Å². The molecule has 0 atom stereocenters. The van der Waals surface area contributed by atoms with Crippen molar-refractivity contribution in [3.63, 3.8) is 0 Å². The van der Waals surface area contributed by atoms with Crippen molar-refractivity contribution in [2.75, 3.05) is 0 Å². The molecule has 0 unspecified atom stereocenters. The van der Waals surface area contributed by atoms with Gasteiger partial charge in [0.1, 0.15) is 0 Å². The van der Waals surface area contributed by atoms with E-state index in [1.165, 1.54) is 25.7 Å². The zero-order valence-electron chi connectivity index (χ0n) is 6.97. The number of rotatable bonds is 3. The van der Waals surface area contributed by atoms with Crippen LogP contribution in [0.3, 0.4) is 0 Å². The van der Waals surface area contributed by atoms with Crippen molar-refractivity contribution in [3.05, 3.63) is 21.9 Å². The van der Waals surface area contributed by atoms with Gasteiger partial charge >= 0.3 is 0 Å². The summed E-state index contributed by atoms with van der Waals surface area (Å²) in [4.78, 5) is 3.14. The molecule has 1 saturated carbocycles. The molecule has 1 aromatic rings. The molecule has 2 rings (SSSR count). The van der Waals surface area contributed by atoms with Crippen LogP contribution in [0.2, 0.25) is 0 Å². The Morgan fingerprint density at radius 2 is 2.09 bits per heavy atom. The first-order chi connectivity index (χ1) is 5.38. The molecule has 1 fully saturated rings. The maximum atomic E-state index is 2.31. The van der Waals surface area contributed by atoms with Crippen LogP contribution >= 0.6 is 11.3 Å². The van der Waals surface area contributed by atoms with E-state index in [0.717, 1.165) is 5.92 Å². The summed E-state index contributed by atoms with van der Waals surface area (Å²) in [5, 5.41) is 0. The monoisotopic (exact) mass is 166 g/mol. The van der Waals surface area contributed by atoms with Crippen LogP contribution in [0.1, 0.15) is 29.5 Å². The van der Waals surface area contributed by atoms with Crippen LogP contribution in [0.25, 0.3) is 0 Å². The summed E-state index contributed by atoms with van der Waals surface area (Å²) in [6.07, 6.45) is 5.50. The number of hydrogen-bond acceptors (Lipinski definition) is 1. The molecule has 0 radical (unpaired) electrons. The third-order valence-corrected chi connectivity index (χ3v) is 3.50. The van der Waals surface area contributed by atoms with Gasteiger partial charge in [0, 0.05) is 9.75 Å². The SMILES string of the molecule is CCc1ccc(CC2CC2)s1. The predicted molar refractivity (Wildman–Crippen MR) is 50.1 cm³/mol. The smallest absolute Gasteiger partial charge is 0.00509 e. The van der Waals surface area contributed by atoms with E-state index < -0.39 is 0 Å². The van der Waals surface area contributed by atoms with Crippen molar-refractivity contribution in [2.45, 2.75) is 32.6 Å². The molecule has 0 bridgehead atoms. The summed E-state index contributed by atoms with van der Waals surface area (Å²) in [5.41, 5.74) is 0. The lowest BCUT2D eigenvalue weighted by Gasteiger charge is -1.90. The van der Waals surface area contributed by atoms with Crippen LogP contribution in [0, 0.1) is 5.92 Å². The Kier molecular flexibility index (Phi) is 1.99. The van der Waals surface area contributed by atoms with E-state index in [-0.39, 0.29) is 0 Å². The summed E-state index contributed by atoms with van der Waals surface area (Å²) in [6.45, 7) is 2.23. The molecule has 0 saturated heterocycles. The van der Waals surface area contributed by atoms with Gasteiger partial charge in [-0.2, -0.15) is 0 Å². The van der Waals surface area contributed by atoms with Gasteiger partial charge in [0.15, 0.2) is 0 Å². The highest BCUT2D eigenvalue weighted by Gasteiger charge is 2.21. The fourth-order valence-corrected chi connectivity index (χ4v) is 2.40.